The zero-order valence-corrected chi connectivity index (χ0v) is 17.8. The Labute approximate surface area is 183 Å². The lowest BCUT2D eigenvalue weighted by Crippen LogP contribution is -2.16. The molecule has 0 saturated heterocycles. The van der Waals surface area contributed by atoms with Crippen LogP contribution in [-0.2, 0) is 11.3 Å². The van der Waals surface area contributed by atoms with Gasteiger partial charge in [-0.05, 0) is 30.7 Å². The number of fused-ring (bicyclic) bond motifs is 1. The van der Waals surface area contributed by atoms with Gasteiger partial charge in [-0.1, -0.05) is 42.5 Å². The van der Waals surface area contributed by atoms with Crippen molar-refractivity contribution in [3.63, 3.8) is 0 Å². The van der Waals surface area contributed by atoms with Crippen molar-refractivity contribution < 1.29 is 14.3 Å². The fourth-order valence-corrected chi connectivity index (χ4v) is 4.29. The molecule has 0 fully saturated rings. The summed E-state index contributed by atoms with van der Waals surface area (Å²) in [5, 5.41) is 8.50. The van der Waals surface area contributed by atoms with E-state index in [-0.39, 0.29) is 18.9 Å². The van der Waals surface area contributed by atoms with Gasteiger partial charge in [0.25, 0.3) is 5.91 Å². The molecule has 2 aromatic heterocycles. The van der Waals surface area contributed by atoms with E-state index in [4.69, 9.17) is 10.5 Å². The number of thiophene rings is 1. The van der Waals surface area contributed by atoms with Crippen LogP contribution in [0.2, 0.25) is 0 Å². The Kier molecular flexibility index (Phi) is 5.99. The molecule has 0 atom stereocenters. The van der Waals surface area contributed by atoms with Crippen LogP contribution in [0.3, 0.4) is 0 Å². The summed E-state index contributed by atoms with van der Waals surface area (Å²) in [6.07, 6.45) is 0.107. The van der Waals surface area contributed by atoms with Gasteiger partial charge in [0, 0.05) is 5.39 Å². The molecule has 0 aliphatic heterocycles. The second kappa shape index (κ2) is 9.01. The molecule has 0 radical (unpaired) electrons. The standard InChI is InChI=1S/C23H22N4O3S/c1-15-17-13-20(31-23(17)27(26-15)14-16-7-3-2-4-8-16)22(29)25-18-9-5-6-10-19(18)30-12-11-21(24)28/h2-10,13H,11-12,14H2,1H3,(H2,24,28)(H,25,29). The normalized spacial score (nSPS) is 10.9. The fourth-order valence-electron chi connectivity index (χ4n) is 3.23. The largest absolute Gasteiger partial charge is 0.491 e. The maximum Gasteiger partial charge on any atom is 0.265 e. The van der Waals surface area contributed by atoms with Gasteiger partial charge in [0.1, 0.15) is 10.6 Å². The van der Waals surface area contributed by atoms with Crippen molar-refractivity contribution in [1.29, 1.82) is 0 Å². The highest BCUT2D eigenvalue weighted by molar-refractivity contribution is 7.20. The summed E-state index contributed by atoms with van der Waals surface area (Å²) < 4.78 is 7.54. The summed E-state index contributed by atoms with van der Waals surface area (Å²) >= 11 is 1.41. The van der Waals surface area contributed by atoms with Crippen LogP contribution in [0.5, 0.6) is 5.75 Å². The van der Waals surface area contributed by atoms with Crippen LogP contribution in [-0.4, -0.2) is 28.2 Å². The van der Waals surface area contributed by atoms with Crippen LogP contribution in [0.4, 0.5) is 5.69 Å². The third-order valence-electron chi connectivity index (χ3n) is 4.75. The van der Waals surface area contributed by atoms with Crippen LogP contribution >= 0.6 is 11.3 Å². The Bertz CT molecular complexity index is 1230. The van der Waals surface area contributed by atoms with Crippen molar-refractivity contribution in [2.45, 2.75) is 19.9 Å². The maximum absolute atomic E-state index is 12.9. The molecular weight excluding hydrogens is 412 g/mol. The number of carbonyl (C=O) groups excluding carboxylic acids is 2. The lowest BCUT2D eigenvalue weighted by molar-refractivity contribution is -0.118. The van der Waals surface area contributed by atoms with E-state index >= 15 is 0 Å². The highest BCUT2D eigenvalue weighted by Crippen LogP contribution is 2.31. The quantitative estimate of drug-likeness (QED) is 0.438. The minimum atomic E-state index is -0.438. The van der Waals surface area contributed by atoms with E-state index in [0.29, 0.717) is 22.9 Å². The molecule has 2 heterocycles. The molecule has 8 heteroatoms. The second-order valence-electron chi connectivity index (χ2n) is 7.07. The summed E-state index contributed by atoms with van der Waals surface area (Å²) in [5.41, 5.74) is 7.73. The highest BCUT2D eigenvalue weighted by Gasteiger charge is 2.18. The Morgan fingerprint density at radius 1 is 1.13 bits per heavy atom. The molecule has 31 heavy (non-hydrogen) atoms. The van der Waals surface area contributed by atoms with E-state index in [2.05, 4.69) is 22.5 Å². The number of para-hydroxylation sites is 2. The number of anilines is 1. The second-order valence-corrected chi connectivity index (χ2v) is 8.10. The third-order valence-corrected chi connectivity index (χ3v) is 5.89. The number of amides is 2. The molecule has 7 nitrogen and oxygen atoms in total. The molecule has 4 aromatic rings. The van der Waals surface area contributed by atoms with Gasteiger partial charge < -0.3 is 15.8 Å². The van der Waals surface area contributed by atoms with Crippen molar-refractivity contribution in [2.24, 2.45) is 5.73 Å². The van der Waals surface area contributed by atoms with Crippen LogP contribution in [0.25, 0.3) is 10.2 Å². The Morgan fingerprint density at radius 3 is 2.65 bits per heavy atom. The first-order valence-corrected chi connectivity index (χ1v) is 10.7. The first-order chi connectivity index (χ1) is 15.0. The van der Waals surface area contributed by atoms with Crippen molar-refractivity contribution in [3.8, 4) is 5.75 Å². The molecule has 158 valence electrons. The summed E-state index contributed by atoms with van der Waals surface area (Å²) in [7, 11) is 0. The smallest absolute Gasteiger partial charge is 0.265 e. The minimum Gasteiger partial charge on any atom is -0.491 e. The Morgan fingerprint density at radius 2 is 1.87 bits per heavy atom. The van der Waals surface area contributed by atoms with Gasteiger partial charge in [0.05, 0.1) is 35.8 Å². The van der Waals surface area contributed by atoms with Crippen LogP contribution in [0.1, 0.15) is 27.3 Å². The van der Waals surface area contributed by atoms with E-state index in [1.54, 1.807) is 18.2 Å². The van der Waals surface area contributed by atoms with Gasteiger partial charge in [-0.15, -0.1) is 11.3 Å². The molecule has 0 saturated carbocycles. The first kappa shape index (κ1) is 20.6. The summed E-state index contributed by atoms with van der Waals surface area (Å²) in [5.74, 6) is -0.172. The number of hydrogen-bond acceptors (Lipinski definition) is 5. The average molecular weight is 435 g/mol. The lowest BCUT2D eigenvalue weighted by atomic mass is 10.2. The number of nitrogens with one attached hydrogen (secondary N) is 1. The third kappa shape index (κ3) is 4.75. The van der Waals surface area contributed by atoms with Crippen molar-refractivity contribution in [1.82, 2.24) is 9.78 Å². The number of aryl methyl sites for hydroxylation is 1. The van der Waals surface area contributed by atoms with E-state index in [1.807, 2.05) is 41.9 Å². The fraction of sp³-hybridized carbons (Fsp3) is 0.174. The van der Waals surface area contributed by atoms with Gasteiger partial charge in [-0.3, -0.25) is 14.3 Å². The minimum absolute atomic E-state index is 0.107. The molecular formula is C23H22N4O3S. The molecule has 2 amide bonds. The lowest BCUT2D eigenvalue weighted by Gasteiger charge is -2.11. The van der Waals surface area contributed by atoms with E-state index in [0.717, 1.165) is 21.5 Å². The van der Waals surface area contributed by atoms with Crippen molar-refractivity contribution in [2.75, 3.05) is 11.9 Å². The summed E-state index contributed by atoms with van der Waals surface area (Å²) in [6.45, 7) is 2.74. The first-order valence-electron chi connectivity index (χ1n) is 9.83. The average Bonchev–Trinajstić information content (AvgIpc) is 3.31. The highest BCUT2D eigenvalue weighted by atomic mass is 32.1. The molecule has 0 bridgehead atoms. The number of nitrogens with two attached hydrogens (primary N) is 1. The van der Waals surface area contributed by atoms with Crippen LogP contribution in [0, 0.1) is 6.92 Å². The number of ether oxygens (including phenoxy) is 1. The van der Waals surface area contributed by atoms with E-state index in [1.165, 1.54) is 11.3 Å². The summed E-state index contributed by atoms with van der Waals surface area (Å²) in [6, 6.07) is 19.1. The summed E-state index contributed by atoms with van der Waals surface area (Å²) in [4.78, 5) is 25.4. The van der Waals surface area contributed by atoms with Crippen LogP contribution < -0.4 is 15.8 Å². The van der Waals surface area contributed by atoms with Gasteiger partial charge in [0.15, 0.2) is 0 Å². The monoisotopic (exact) mass is 434 g/mol. The SMILES string of the molecule is Cc1nn(Cc2ccccc2)c2sc(C(=O)Nc3ccccc3OCCC(N)=O)cc12. The zero-order chi connectivity index (χ0) is 21.8. The molecule has 2 aromatic carbocycles. The number of aromatic nitrogens is 2. The van der Waals surface area contributed by atoms with Crippen molar-refractivity contribution in [3.05, 3.63) is 76.8 Å². The Balaban J connectivity index is 1.54. The van der Waals surface area contributed by atoms with Crippen molar-refractivity contribution >= 4 is 39.1 Å². The predicted octanol–water partition coefficient (Wildman–Crippen LogP) is 3.96. The molecule has 0 aliphatic rings. The zero-order valence-electron chi connectivity index (χ0n) is 17.0. The predicted molar refractivity (Wildman–Crippen MR) is 122 cm³/mol. The van der Waals surface area contributed by atoms with E-state index in [9.17, 15) is 9.59 Å². The number of benzene rings is 2. The molecule has 0 spiro atoms. The van der Waals surface area contributed by atoms with Gasteiger partial charge >= 0.3 is 0 Å². The van der Waals surface area contributed by atoms with E-state index < -0.39 is 5.91 Å². The maximum atomic E-state index is 12.9. The van der Waals surface area contributed by atoms with Gasteiger partial charge in [0.2, 0.25) is 5.91 Å². The number of carbonyl (C=O) groups is 2. The molecule has 4 rings (SSSR count). The number of hydrogen-bond donors (Lipinski definition) is 2. The molecule has 0 aliphatic carbocycles. The van der Waals surface area contributed by atoms with Gasteiger partial charge in [-0.25, -0.2) is 0 Å². The number of nitrogens with zero attached hydrogens (tertiary/aromatic N) is 2. The molecule has 3 N–H and O–H groups in total. The number of primary amides is 1. The van der Waals surface area contributed by atoms with Crippen LogP contribution in [0.15, 0.2) is 60.7 Å². The molecule has 0 unspecified atom stereocenters. The van der Waals surface area contributed by atoms with Gasteiger partial charge in [-0.2, -0.15) is 5.10 Å². The Hall–Kier alpha value is -3.65. The number of rotatable bonds is 8. The topological polar surface area (TPSA) is 99.2 Å².